The minimum absolute atomic E-state index is 0.187. The van der Waals surface area contributed by atoms with Crippen molar-refractivity contribution in [3.8, 4) is 17.2 Å². The third-order valence-electron chi connectivity index (χ3n) is 6.50. The average Bonchev–Trinajstić information content (AvgIpc) is 3.55. The molecule has 4 aromatic heterocycles. The SMILES string of the molecule is N#Cc1ccc(C(=O)c2nc3ccc(N4CCC(O)CC4)nc3[nH]2)cc1-c1cncc2[nH]ccc12. The molecule has 1 aliphatic rings. The molecular formula is C26H21N7O2. The Hall–Kier alpha value is -4.55. The number of carbonyl (C=O) groups is 1. The highest BCUT2D eigenvalue weighted by molar-refractivity contribution is 6.09. The molecule has 172 valence electrons. The van der Waals surface area contributed by atoms with Gasteiger partial charge in [-0.05, 0) is 49.2 Å². The lowest BCUT2D eigenvalue weighted by atomic mass is 9.95. The Labute approximate surface area is 200 Å². The molecule has 5 heterocycles. The standard InChI is InChI=1S/C26H21N7O2/c27-12-16-2-1-15(11-19(16)20-13-28-14-22-18(20)5-8-29-22)24(35)26-30-21-3-4-23(31-25(21)32-26)33-9-6-17(34)7-10-33/h1-5,8,11,13-14,17,29,34H,6-7,9-10H2,(H,30,31,32). The van der Waals surface area contributed by atoms with Gasteiger partial charge in [0.25, 0.3) is 0 Å². The lowest BCUT2D eigenvalue weighted by Crippen LogP contribution is -2.36. The van der Waals surface area contributed by atoms with Crippen molar-refractivity contribution in [3.63, 3.8) is 0 Å². The minimum Gasteiger partial charge on any atom is -0.393 e. The fourth-order valence-corrected chi connectivity index (χ4v) is 4.60. The van der Waals surface area contributed by atoms with Gasteiger partial charge in [-0.1, -0.05) is 0 Å². The molecule has 0 unspecified atom stereocenters. The highest BCUT2D eigenvalue weighted by Gasteiger charge is 2.21. The van der Waals surface area contributed by atoms with Crippen LogP contribution < -0.4 is 4.90 Å². The van der Waals surface area contributed by atoms with Crippen LogP contribution in [0.15, 0.2) is 55.0 Å². The summed E-state index contributed by atoms with van der Waals surface area (Å²) < 4.78 is 0. The van der Waals surface area contributed by atoms with Gasteiger partial charge in [0.05, 0.1) is 29.5 Å². The summed E-state index contributed by atoms with van der Waals surface area (Å²) >= 11 is 0. The molecule has 0 bridgehead atoms. The molecule has 35 heavy (non-hydrogen) atoms. The largest absolute Gasteiger partial charge is 0.393 e. The maximum absolute atomic E-state index is 13.4. The highest BCUT2D eigenvalue weighted by atomic mass is 16.3. The smallest absolute Gasteiger partial charge is 0.228 e. The van der Waals surface area contributed by atoms with E-state index in [-0.39, 0.29) is 17.7 Å². The van der Waals surface area contributed by atoms with Crippen LogP contribution in [0.3, 0.4) is 0 Å². The number of nitrogens with one attached hydrogen (secondary N) is 2. The number of hydrogen-bond acceptors (Lipinski definition) is 7. The molecule has 0 amide bonds. The first-order chi connectivity index (χ1) is 17.1. The van der Waals surface area contributed by atoms with Crippen molar-refractivity contribution >= 4 is 33.7 Å². The van der Waals surface area contributed by atoms with E-state index >= 15 is 0 Å². The number of ketones is 1. The third-order valence-corrected chi connectivity index (χ3v) is 6.50. The zero-order valence-electron chi connectivity index (χ0n) is 18.7. The molecule has 6 rings (SSSR count). The second kappa shape index (κ2) is 8.34. The van der Waals surface area contributed by atoms with Crippen molar-refractivity contribution in [1.29, 1.82) is 5.26 Å². The van der Waals surface area contributed by atoms with E-state index < -0.39 is 0 Å². The Bertz CT molecular complexity index is 1620. The van der Waals surface area contributed by atoms with Gasteiger partial charge < -0.3 is 20.0 Å². The first kappa shape index (κ1) is 21.0. The lowest BCUT2D eigenvalue weighted by Gasteiger charge is -2.30. The molecule has 9 heteroatoms. The number of aliphatic hydroxyl groups is 1. The molecule has 3 N–H and O–H groups in total. The van der Waals surface area contributed by atoms with E-state index in [4.69, 9.17) is 0 Å². The summed E-state index contributed by atoms with van der Waals surface area (Å²) in [6.45, 7) is 1.47. The Kier molecular flexibility index (Phi) is 5.01. The summed E-state index contributed by atoms with van der Waals surface area (Å²) in [4.78, 5) is 35.1. The first-order valence-electron chi connectivity index (χ1n) is 11.4. The summed E-state index contributed by atoms with van der Waals surface area (Å²) in [5.74, 6) is 0.692. The third kappa shape index (κ3) is 3.70. The average molecular weight is 464 g/mol. The van der Waals surface area contributed by atoms with Crippen LogP contribution in [0.4, 0.5) is 5.82 Å². The molecule has 0 spiro atoms. The van der Waals surface area contributed by atoms with Gasteiger partial charge in [0.2, 0.25) is 5.78 Å². The van der Waals surface area contributed by atoms with Gasteiger partial charge in [-0.15, -0.1) is 0 Å². The van der Waals surface area contributed by atoms with Crippen LogP contribution in [0.5, 0.6) is 0 Å². The topological polar surface area (TPSA) is 135 Å². The number of H-pyrrole nitrogens is 2. The number of carbonyl (C=O) groups excluding carboxylic acids is 1. The number of aliphatic hydroxyl groups excluding tert-OH is 1. The number of imidazole rings is 1. The van der Waals surface area contributed by atoms with E-state index in [1.54, 1.807) is 30.6 Å². The van der Waals surface area contributed by atoms with E-state index in [0.717, 1.165) is 35.4 Å². The van der Waals surface area contributed by atoms with Gasteiger partial charge in [-0.25, -0.2) is 9.97 Å². The summed E-state index contributed by atoms with van der Waals surface area (Å²) in [6.07, 6.45) is 6.40. The second-order valence-corrected chi connectivity index (χ2v) is 8.67. The Balaban J connectivity index is 1.36. The van der Waals surface area contributed by atoms with Crippen LogP contribution in [0, 0.1) is 11.3 Å². The number of nitrogens with zero attached hydrogens (tertiary/aromatic N) is 5. The molecule has 5 aromatic rings. The molecule has 1 saturated heterocycles. The number of rotatable bonds is 4. The number of aromatic nitrogens is 5. The quantitative estimate of drug-likeness (QED) is 0.347. The van der Waals surface area contributed by atoms with Crippen molar-refractivity contribution in [1.82, 2.24) is 24.9 Å². The monoisotopic (exact) mass is 463 g/mol. The van der Waals surface area contributed by atoms with Gasteiger partial charge in [0, 0.05) is 47.6 Å². The van der Waals surface area contributed by atoms with Crippen molar-refractivity contribution in [2.24, 2.45) is 0 Å². The van der Waals surface area contributed by atoms with E-state index in [0.29, 0.717) is 40.7 Å². The van der Waals surface area contributed by atoms with Gasteiger partial charge in [-0.2, -0.15) is 5.26 Å². The Morgan fingerprint density at radius 1 is 1.09 bits per heavy atom. The zero-order valence-corrected chi connectivity index (χ0v) is 18.7. The maximum atomic E-state index is 13.4. The Morgan fingerprint density at radius 3 is 2.77 bits per heavy atom. The van der Waals surface area contributed by atoms with Crippen LogP contribution in [-0.2, 0) is 0 Å². The normalized spacial score (nSPS) is 14.5. The van der Waals surface area contributed by atoms with Crippen molar-refractivity contribution < 1.29 is 9.90 Å². The molecule has 0 atom stereocenters. The maximum Gasteiger partial charge on any atom is 0.228 e. The molecule has 1 fully saturated rings. The summed E-state index contributed by atoms with van der Waals surface area (Å²) in [5.41, 5.74) is 4.27. The number of aromatic amines is 2. The number of benzene rings is 1. The minimum atomic E-state index is -0.286. The van der Waals surface area contributed by atoms with Gasteiger partial charge in [0.1, 0.15) is 11.3 Å². The summed E-state index contributed by atoms with van der Waals surface area (Å²) in [7, 11) is 0. The number of hydrogen-bond donors (Lipinski definition) is 3. The van der Waals surface area contributed by atoms with Gasteiger partial charge >= 0.3 is 0 Å². The molecule has 0 radical (unpaired) electrons. The first-order valence-corrected chi connectivity index (χ1v) is 11.4. The van der Waals surface area contributed by atoms with Crippen molar-refractivity contribution in [2.75, 3.05) is 18.0 Å². The fourth-order valence-electron chi connectivity index (χ4n) is 4.60. The van der Waals surface area contributed by atoms with E-state index in [9.17, 15) is 15.2 Å². The van der Waals surface area contributed by atoms with Crippen molar-refractivity contribution in [2.45, 2.75) is 18.9 Å². The number of fused-ring (bicyclic) bond motifs is 2. The lowest BCUT2D eigenvalue weighted by molar-refractivity contribution is 0.103. The Morgan fingerprint density at radius 2 is 1.94 bits per heavy atom. The predicted octanol–water partition coefficient (Wildman–Crippen LogP) is 3.56. The van der Waals surface area contributed by atoms with E-state index in [2.05, 4.69) is 35.9 Å². The number of nitriles is 1. The highest BCUT2D eigenvalue weighted by Crippen LogP contribution is 2.31. The molecular weight excluding hydrogens is 442 g/mol. The van der Waals surface area contributed by atoms with Crippen molar-refractivity contribution in [3.05, 3.63) is 71.9 Å². The summed E-state index contributed by atoms with van der Waals surface area (Å²) in [6, 6.07) is 12.9. The van der Waals surface area contributed by atoms with Crippen LogP contribution in [-0.4, -0.2) is 55.0 Å². The number of pyridine rings is 2. The van der Waals surface area contributed by atoms with Crippen LogP contribution >= 0.6 is 0 Å². The molecule has 0 aliphatic carbocycles. The summed E-state index contributed by atoms with van der Waals surface area (Å²) in [5, 5.41) is 20.4. The molecule has 9 nitrogen and oxygen atoms in total. The van der Waals surface area contributed by atoms with Crippen LogP contribution in [0.2, 0.25) is 0 Å². The molecule has 1 aromatic carbocycles. The van der Waals surface area contributed by atoms with E-state index in [1.807, 2.05) is 24.4 Å². The van der Waals surface area contributed by atoms with Gasteiger partial charge in [0.15, 0.2) is 11.5 Å². The number of piperidine rings is 1. The van der Waals surface area contributed by atoms with E-state index in [1.165, 1.54) is 0 Å². The molecule has 1 aliphatic heterocycles. The molecule has 0 saturated carbocycles. The van der Waals surface area contributed by atoms with Crippen LogP contribution in [0.25, 0.3) is 33.2 Å². The zero-order chi connectivity index (χ0) is 23.9. The number of anilines is 1. The predicted molar refractivity (Wildman–Crippen MR) is 131 cm³/mol. The second-order valence-electron chi connectivity index (χ2n) is 8.67. The van der Waals surface area contributed by atoms with Crippen LogP contribution in [0.1, 0.15) is 34.6 Å². The fraction of sp³-hybridized carbons (Fsp3) is 0.192. The van der Waals surface area contributed by atoms with Gasteiger partial charge in [-0.3, -0.25) is 9.78 Å².